The number of anilines is 3. The van der Waals surface area contributed by atoms with E-state index in [1.165, 1.54) is 105 Å². The molecule has 3 aliphatic rings. The quantitative estimate of drug-likeness (QED) is 0.155. The average molecular weight is 965 g/mol. The largest absolute Gasteiger partial charge is 0.310 e. The zero-order valence-corrected chi connectivity index (χ0v) is 41.6. The molecule has 16 rings (SSSR count). The maximum Gasteiger partial charge on any atom is 0.0725 e. The van der Waals surface area contributed by atoms with Crippen molar-refractivity contribution in [3.8, 4) is 50.2 Å². The summed E-state index contributed by atoms with van der Waals surface area (Å²) in [7, 11) is 0. The molecule has 1 heterocycles. The molecule has 354 valence electrons. The smallest absolute Gasteiger partial charge is 0.0725 e. The molecule has 12 aromatic carbocycles. The van der Waals surface area contributed by atoms with Crippen molar-refractivity contribution in [3.05, 3.63) is 336 Å². The summed E-state index contributed by atoms with van der Waals surface area (Å²) in [6, 6.07) is 109. The lowest BCUT2D eigenvalue weighted by Gasteiger charge is -2.34. The van der Waals surface area contributed by atoms with E-state index in [1.807, 2.05) is 0 Å². The van der Waals surface area contributed by atoms with E-state index in [1.54, 1.807) is 0 Å². The van der Waals surface area contributed by atoms with Gasteiger partial charge in [0.25, 0.3) is 0 Å². The van der Waals surface area contributed by atoms with Gasteiger partial charge in [-0.1, -0.05) is 231 Å². The zero-order chi connectivity index (χ0) is 50.0. The SMILES string of the molecule is c1ccc(C2(c3ccc(N(c4ccc(-c5cccc(-n6c7ccccc7c7ccccc76)c5)cc4)c4ccc5c(c4)-c4ccccc4C54c5ccccc5-c5ccccc54)cc3)c3ccccc3-c3ccccc32)cc1. The van der Waals surface area contributed by atoms with E-state index in [0.717, 1.165) is 28.3 Å². The summed E-state index contributed by atoms with van der Waals surface area (Å²) in [6.07, 6.45) is 0. The summed E-state index contributed by atoms with van der Waals surface area (Å²) < 4.78 is 2.40. The Kier molecular flexibility index (Phi) is 9.20. The molecule has 1 aromatic heterocycles. The van der Waals surface area contributed by atoms with Crippen molar-refractivity contribution in [2.75, 3.05) is 4.90 Å². The highest BCUT2D eigenvalue weighted by atomic mass is 15.1. The van der Waals surface area contributed by atoms with Crippen LogP contribution in [0.15, 0.2) is 291 Å². The highest BCUT2D eigenvalue weighted by Crippen LogP contribution is 2.63. The number of hydrogen-bond donors (Lipinski definition) is 0. The van der Waals surface area contributed by atoms with E-state index in [9.17, 15) is 0 Å². The summed E-state index contributed by atoms with van der Waals surface area (Å²) >= 11 is 0. The van der Waals surface area contributed by atoms with Gasteiger partial charge < -0.3 is 9.47 Å². The Labute approximate surface area is 442 Å². The van der Waals surface area contributed by atoms with Crippen LogP contribution in [0.25, 0.3) is 72.0 Å². The normalized spacial score (nSPS) is 13.7. The predicted molar refractivity (Wildman–Crippen MR) is 315 cm³/mol. The Morgan fingerprint density at radius 3 is 1.20 bits per heavy atom. The third kappa shape index (κ3) is 5.81. The maximum atomic E-state index is 2.46. The van der Waals surface area contributed by atoms with Crippen LogP contribution in [0.4, 0.5) is 17.1 Å². The minimum Gasteiger partial charge on any atom is -0.310 e. The highest BCUT2D eigenvalue weighted by molar-refractivity contribution is 6.09. The van der Waals surface area contributed by atoms with Crippen LogP contribution >= 0.6 is 0 Å². The van der Waals surface area contributed by atoms with Crippen molar-refractivity contribution in [3.63, 3.8) is 0 Å². The van der Waals surface area contributed by atoms with E-state index in [0.29, 0.717) is 0 Å². The molecule has 0 unspecified atom stereocenters. The first-order valence-corrected chi connectivity index (χ1v) is 26.5. The number of hydrogen-bond acceptors (Lipinski definition) is 1. The van der Waals surface area contributed by atoms with Gasteiger partial charge in [-0.25, -0.2) is 0 Å². The Hall–Kier alpha value is -9.76. The molecule has 0 radical (unpaired) electrons. The second-order valence-corrected chi connectivity index (χ2v) is 20.7. The van der Waals surface area contributed by atoms with E-state index in [2.05, 4.69) is 301 Å². The molecule has 2 nitrogen and oxygen atoms in total. The van der Waals surface area contributed by atoms with Crippen LogP contribution in [-0.2, 0) is 10.8 Å². The lowest BCUT2D eigenvalue weighted by molar-refractivity contribution is 0.768. The van der Waals surface area contributed by atoms with Gasteiger partial charge in [-0.3, -0.25) is 0 Å². The first-order chi connectivity index (χ1) is 37.7. The van der Waals surface area contributed by atoms with E-state index in [4.69, 9.17) is 0 Å². The molecule has 0 saturated heterocycles. The first-order valence-electron chi connectivity index (χ1n) is 26.5. The van der Waals surface area contributed by atoms with E-state index in [-0.39, 0.29) is 0 Å². The molecule has 0 saturated carbocycles. The maximum absolute atomic E-state index is 2.46. The van der Waals surface area contributed by atoms with Crippen LogP contribution in [0.1, 0.15) is 44.5 Å². The Morgan fingerprint density at radius 2 is 0.658 bits per heavy atom. The standard InChI is InChI=1S/C74H48N2/c1-2-20-51(21-3-1)73(65-30-11-4-23-57(65)58-24-5-12-31-66(58)73)52-39-43-54(44-40-52)75(53-41-37-49(38-42-53)50-19-18-22-55(47-50)76-71-35-16-9-28-62(71)63-29-10-17-36-72(63)76)56-45-46-70-64(48-56)61-27-8-15-34-69(61)74(70)67-32-13-6-25-59(67)60-26-7-14-33-68(60)74/h1-48H. The lowest BCUT2D eigenvalue weighted by atomic mass is 9.68. The highest BCUT2D eigenvalue weighted by Gasteiger charge is 2.52. The van der Waals surface area contributed by atoms with Crippen molar-refractivity contribution in [1.82, 2.24) is 4.57 Å². The van der Waals surface area contributed by atoms with E-state index < -0.39 is 10.8 Å². The molecule has 0 N–H and O–H groups in total. The predicted octanol–water partition coefficient (Wildman–Crippen LogP) is 18.6. The van der Waals surface area contributed by atoms with Gasteiger partial charge >= 0.3 is 0 Å². The Balaban J connectivity index is 0.867. The molecule has 2 heteroatoms. The lowest BCUT2D eigenvalue weighted by Crippen LogP contribution is -2.28. The van der Waals surface area contributed by atoms with Crippen molar-refractivity contribution in [1.29, 1.82) is 0 Å². The van der Waals surface area contributed by atoms with Gasteiger partial charge in [0.15, 0.2) is 0 Å². The monoisotopic (exact) mass is 964 g/mol. The molecule has 0 aliphatic heterocycles. The van der Waals surface area contributed by atoms with Gasteiger partial charge in [0.2, 0.25) is 0 Å². The van der Waals surface area contributed by atoms with Crippen LogP contribution in [0.5, 0.6) is 0 Å². The van der Waals surface area contributed by atoms with Gasteiger partial charge in [0.05, 0.1) is 21.9 Å². The number of nitrogens with zero attached hydrogens (tertiary/aromatic N) is 2. The molecular formula is C74H48N2. The number of para-hydroxylation sites is 2. The van der Waals surface area contributed by atoms with Gasteiger partial charge in [0.1, 0.15) is 0 Å². The second kappa shape index (κ2) is 16.4. The van der Waals surface area contributed by atoms with Crippen LogP contribution in [0, 0.1) is 0 Å². The molecule has 0 fully saturated rings. The summed E-state index contributed by atoms with van der Waals surface area (Å²) in [4.78, 5) is 2.46. The van der Waals surface area contributed by atoms with Crippen LogP contribution < -0.4 is 4.90 Å². The molecule has 13 aromatic rings. The second-order valence-electron chi connectivity index (χ2n) is 20.7. The number of fused-ring (bicyclic) bond motifs is 16. The van der Waals surface area contributed by atoms with Gasteiger partial charge in [-0.15, -0.1) is 0 Å². The molecule has 1 spiro atoms. The third-order valence-corrected chi connectivity index (χ3v) is 17.1. The molecular weight excluding hydrogens is 917 g/mol. The van der Waals surface area contributed by atoms with Crippen molar-refractivity contribution < 1.29 is 0 Å². The average Bonchev–Trinajstić information content (AvgIpc) is 4.36. The number of benzene rings is 12. The number of rotatable bonds is 7. The molecule has 0 atom stereocenters. The fourth-order valence-electron chi connectivity index (χ4n) is 14.1. The Bertz CT molecular complexity index is 4320. The fraction of sp³-hybridized carbons (Fsp3) is 0.0270. The molecule has 0 bridgehead atoms. The summed E-state index contributed by atoms with van der Waals surface area (Å²) in [6.45, 7) is 0. The van der Waals surface area contributed by atoms with Crippen LogP contribution in [0.3, 0.4) is 0 Å². The minimum absolute atomic E-state index is 0.418. The zero-order valence-electron chi connectivity index (χ0n) is 41.6. The van der Waals surface area contributed by atoms with Crippen molar-refractivity contribution in [2.24, 2.45) is 0 Å². The van der Waals surface area contributed by atoms with E-state index >= 15 is 0 Å². The topological polar surface area (TPSA) is 8.17 Å². The third-order valence-electron chi connectivity index (χ3n) is 17.1. The molecule has 3 aliphatic carbocycles. The van der Waals surface area contributed by atoms with Crippen LogP contribution in [-0.4, -0.2) is 4.57 Å². The fourth-order valence-corrected chi connectivity index (χ4v) is 14.1. The van der Waals surface area contributed by atoms with Gasteiger partial charge in [0, 0.05) is 33.5 Å². The summed E-state index contributed by atoms with van der Waals surface area (Å²) in [5.74, 6) is 0. The molecule has 76 heavy (non-hydrogen) atoms. The van der Waals surface area contributed by atoms with Crippen molar-refractivity contribution >= 4 is 38.9 Å². The number of aromatic nitrogens is 1. The van der Waals surface area contributed by atoms with Gasteiger partial charge in [-0.2, -0.15) is 0 Å². The summed E-state index contributed by atoms with van der Waals surface area (Å²) in [5.41, 5.74) is 26.5. The Morgan fingerprint density at radius 1 is 0.250 bits per heavy atom. The summed E-state index contributed by atoms with van der Waals surface area (Å²) in [5, 5.41) is 2.52. The van der Waals surface area contributed by atoms with Crippen LogP contribution in [0.2, 0.25) is 0 Å². The van der Waals surface area contributed by atoms with Crippen molar-refractivity contribution in [2.45, 2.75) is 10.8 Å². The molecule has 0 amide bonds. The minimum atomic E-state index is -0.493. The first kappa shape index (κ1) is 42.7. The van der Waals surface area contributed by atoms with Gasteiger partial charge in [-0.05, 0) is 150 Å².